The average Bonchev–Trinajstić information content (AvgIpc) is 2.49. The van der Waals surface area contributed by atoms with Crippen molar-refractivity contribution in [3.8, 4) is 0 Å². The van der Waals surface area contributed by atoms with Crippen molar-refractivity contribution in [3.63, 3.8) is 0 Å². The van der Waals surface area contributed by atoms with E-state index in [1.54, 1.807) is 0 Å². The van der Waals surface area contributed by atoms with Crippen LogP contribution in [0.1, 0.15) is 6.92 Å². The van der Waals surface area contributed by atoms with Crippen LogP contribution in [0.15, 0.2) is 42.5 Å². The van der Waals surface area contributed by atoms with Gasteiger partial charge in [-0.2, -0.15) is 0 Å². The zero-order valence-corrected chi connectivity index (χ0v) is 8.03. The van der Waals surface area contributed by atoms with E-state index in [4.69, 9.17) is 0 Å². The standard InChI is InChI=1S/C12H15N/c1-10-8-13(9-11(10)2)12-6-4-3-5-7-12/h3-7,11H,1,8-9H2,2H3. The largest absolute Gasteiger partial charge is 0.367 e. The summed E-state index contributed by atoms with van der Waals surface area (Å²) >= 11 is 0. The molecule has 68 valence electrons. The monoisotopic (exact) mass is 173 g/mol. The molecule has 1 unspecified atom stereocenters. The Bertz CT molecular complexity index is 302. The maximum atomic E-state index is 4.07. The van der Waals surface area contributed by atoms with Gasteiger partial charge in [0.1, 0.15) is 0 Å². The highest BCUT2D eigenvalue weighted by atomic mass is 15.2. The van der Waals surface area contributed by atoms with Gasteiger partial charge in [-0.05, 0) is 18.1 Å². The van der Waals surface area contributed by atoms with Crippen LogP contribution < -0.4 is 4.90 Å². The Kier molecular flexibility index (Phi) is 2.09. The second-order valence-electron chi connectivity index (χ2n) is 3.78. The first-order valence-electron chi connectivity index (χ1n) is 4.75. The summed E-state index contributed by atoms with van der Waals surface area (Å²) < 4.78 is 0. The Morgan fingerprint density at radius 3 is 2.54 bits per heavy atom. The van der Waals surface area contributed by atoms with Crippen molar-refractivity contribution in [1.29, 1.82) is 0 Å². The topological polar surface area (TPSA) is 3.24 Å². The highest BCUT2D eigenvalue weighted by Gasteiger charge is 2.21. The van der Waals surface area contributed by atoms with Crippen LogP contribution in [0.25, 0.3) is 0 Å². The first kappa shape index (κ1) is 8.36. The van der Waals surface area contributed by atoms with E-state index in [-0.39, 0.29) is 0 Å². The molecule has 0 bridgehead atoms. The van der Waals surface area contributed by atoms with Crippen molar-refractivity contribution in [2.45, 2.75) is 6.92 Å². The Morgan fingerprint density at radius 2 is 2.00 bits per heavy atom. The molecule has 1 fully saturated rings. The minimum atomic E-state index is 0.639. The lowest BCUT2D eigenvalue weighted by Gasteiger charge is -2.17. The molecule has 1 heterocycles. The summed E-state index contributed by atoms with van der Waals surface area (Å²) in [6.07, 6.45) is 0. The van der Waals surface area contributed by atoms with Gasteiger partial charge < -0.3 is 4.90 Å². The van der Waals surface area contributed by atoms with Crippen LogP contribution in [-0.4, -0.2) is 13.1 Å². The number of para-hydroxylation sites is 1. The molecule has 2 rings (SSSR count). The molecule has 1 saturated heterocycles. The van der Waals surface area contributed by atoms with E-state index >= 15 is 0 Å². The molecule has 1 atom stereocenters. The molecule has 0 saturated carbocycles. The molecule has 1 aromatic rings. The summed E-state index contributed by atoms with van der Waals surface area (Å²) in [5.74, 6) is 0.639. The van der Waals surface area contributed by atoms with Crippen LogP contribution in [0.2, 0.25) is 0 Å². The number of anilines is 1. The van der Waals surface area contributed by atoms with Crippen LogP contribution in [0.5, 0.6) is 0 Å². The summed E-state index contributed by atoms with van der Waals surface area (Å²) in [5, 5.41) is 0. The summed E-state index contributed by atoms with van der Waals surface area (Å²) in [6, 6.07) is 10.5. The van der Waals surface area contributed by atoms with Gasteiger partial charge in [0.05, 0.1) is 0 Å². The highest BCUT2D eigenvalue weighted by Crippen LogP contribution is 2.25. The molecule has 0 spiro atoms. The molecule has 0 radical (unpaired) electrons. The average molecular weight is 173 g/mol. The first-order chi connectivity index (χ1) is 6.27. The quantitative estimate of drug-likeness (QED) is 0.590. The van der Waals surface area contributed by atoms with Crippen LogP contribution in [0, 0.1) is 5.92 Å². The van der Waals surface area contributed by atoms with E-state index < -0.39 is 0 Å². The maximum Gasteiger partial charge on any atom is 0.0389 e. The lowest BCUT2D eigenvalue weighted by Crippen LogP contribution is -2.18. The molecule has 1 nitrogen and oxygen atoms in total. The highest BCUT2D eigenvalue weighted by molar-refractivity contribution is 5.49. The zero-order chi connectivity index (χ0) is 9.26. The third kappa shape index (κ3) is 1.59. The lowest BCUT2D eigenvalue weighted by atomic mass is 10.1. The van der Waals surface area contributed by atoms with Gasteiger partial charge in [0.25, 0.3) is 0 Å². The van der Waals surface area contributed by atoms with Gasteiger partial charge in [0, 0.05) is 18.8 Å². The summed E-state index contributed by atoms with van der Waals surface area (Å²) in [4.78, 5) is 2.38. The minimum absolute atomic E-state index is 0.639. The number of hydrogen-bond acceptors (Lipinski definition) is 1. The third-order valence-corrected chi connectivity index (χ3v) is 2.71. The number of benzene rings is 1. The molecule has 0 aliphatic carbocycles. The van der Waals surface area contributed by atoms with Crippen LogP contribution in [-0.2, 0) is 0 Å². The van der Waals surface area contributed by atoms with Gasteiger partial charge in [-0.25, -0.2) is 0 Å². The van der Waals surface area contributed by atoms with Crippen molar-refractivity contribution in [2.75, 3.05) is 18.0 Å². The SMILES string of the molecule is C=C1CN(c2ccccc2)CC1C. The fourth-order valence-corrected chi connectivity index (χ4v) is 1.76. The molecule has 13 heavy (non-hydrogen) atoms. The third-order valence-electron chi connectivity index (χ3n) is 2.71. The number of hydrogen-bond donors (Lipinski definition) is 0. The van der Waals surface area contributed by atoms with Crippen molar-refractivity contribution < 1.29 is 0 Å². The molecular formula is C12H15N. The van der Waals surface area contributed by atoms with Gasteiger partial charge in [-0.15, -0.1) is 0 Å². The summed E-state index contributed by atoms with van der Waals surface area (Å²) in [7, 11) is 0. The van der Waals surface area contributed by atoms with Crippen LogP contribution in [0.4, 0.5) is 5.69 Å². The predicted octanol–water partition coefficient (Wildman–Crippen LogP) is 2.70. The molecule has 1 heteroatoms. The van der Waals surface area contributed by atoms with Crippen LogP contribution >= 0.6 is 0 Å². The van der Waals surface area contributed by atoms with E-state index in [9.17, 15) is 0 Å². The number of nitrogens with zero attached hydrogens (tertiary/aromatic N) is 1. The fraction of sp³-hybridized carbons (Fsp3) is 0.333. The molecule has 1 aliphatic heterocycles. The molecule has 0 N–H and O–H groups in total. The number of rotatable bonds is 1. The predicted molar refractivity (Wildman–Crippen MR) is 57.0 cm³/mol. The molecule has 0 amide bonds. The summed E-state index contributed by atoms with van der Waals surface area (Å²) in [6.45, 7) is 8.44. The Balaban J connectivity index is 2.17. The van der Waals surface area contributed by atoms with Crippen molar-refractivity contribution >= 4 is 5.69 Å². The van der Waals surface area contributed by atoms with E-state index in [1.165, 1.54) is 11.3 Å². The van der Waals surface area contributed by atoms with Gasteiger partial charge in [-0.1, -0.05) is 37.3 Å². The Morgan fingerprint density at radius 1 is 1.31 bits per heavy atom. The second-order valence-corrected chi connectivity index (χ2v) is 3.78. The van der Waals surface area contributed by atoms with Crippen LogP contribution in [0.3, 0.4) is 0 Å². The lowest BCUT2D eigenvalue weighted by molar-refractivity contribution is 0.759. The van der Waals surface area contributed by atoms with E-state index in [0.29, 0.717) is 5.92 Å². The molecular weight excluding hydrogens is 158 g/mol. The molecule has 1 aromatic carbocycles. The van der Waals surface area contributed by atoms with Gasteiger partial charge >= 0.3 is 0 Å². The second kappa shape index (κ2) is 3.25. The van der Waals surface area contributed by atoms with Gasteiger partial charge in [0.2, 0.25) is 0 Å². The minimum Gasteiger partial charge on any atom is -0.367 e. The molecule has 0 aromatic heterocycles. The Hall–Kier alpha value is -1.24. The van der Waals surface area contributed by atoms with Crippen molar-refractivity contribution in [3.05, 3.63) is 42.5 Å². The van der Waals surface area contributed by atoms with E-state index in [0.717, 1.165) is 13.1 Å². The van der Waals surface area contributed by atoms with E-state index in [1.807, 2.05) is 0 Å². The van der Waals surface area contributed by atoms with Crippen molar-refractivity contribution in [1.82, 2.24) is 0 Å². The van der Waals surface area contributed by atoms with Gasteiger partial charge in [-0.3, -0.25) is 0 Å². The maximum absolute atomic E-state index is 4.07. The van der Waals surface area contributed by atoms with Crippen molar-refractivity contribution in [2.24, 2.45) is 5.92 Å². The Labute approximate surface area is 79.7 Å². The summed E-state index contributed by atoms with van der Waals surface area (Å²) in [5.41, 5.74) is 2.66. The molecule has 1 aliphatic rings. The van der Waals surface area contributed by atoms with E-state index in [2.05, 4.69) is 48.7 Å². The smallest absolute Gasteiger partial charge is 0.0389 e. The first-order valence-corrected chi connectivity index (χ1v) is 4.75. The fourth-order valence-electron chi connectivity index (χ4n) is 1.76. The zero-order valence-electron chi connectivity index (χ0n) is 8.03. The van der Waals surface area contributed by atoms with Gasteiger partial charge in [0.15, 0.2) is 0 Å². The normalized spacial score (nSPS) is 22.4.